The largest absolute Gasteiger partial charge is 0.434 e. The molecule has 11 heteroatoms. The number of nitrogens with zero attached hydrogens (tertiary/aromatic N) is 3. The number of alkyl halides is 3. The van der Waals surface area contributed by atoms with Gasteiger partial charge in [-0.25, -0.2) is 13.4 Å². The number of thiazole rings is 1. The zero-order chi connectivity index (χ0) is 18.2. The number of hydrogen-bond acceptors (Lipinski definition) is 5. The van der Waals surface area contributed by atoms with Gasteiger partial charge < -0.3 is 10.2 Å². The summed E-state index contributed by atoms with van der Waals surface area (Å²) in [5, 5.41) is 4.20. The van der Waals surface area contributed by atoms with E-state index in [2.05, 4.69) is 15.3 Å². The molecule has 1 N–H and O–H groups in total. The molecule has 1 fully saturated rings. The second kappa shape index (κ2) is 6.51. The average molecular weight is 384 g/mol. The summed E-state index contributed by atoms with van der Waals surface area (Å²) in [6.07, 6.45) is -4.46. The van der Waals surface area contributed by atoms with Gasteiger partial charge in [-0.1, -0.05) is 0 Å². The van der Waals surface area contributed by atoms with Crippen molar-refractivity contribution in [3.8, 4) is 0 Å². The number of aliphatic imine (C=N–C) groups is 1. The summed E-state index contributed by atoms with van der Waals surface area (Å²) in [5.41, 5.74) is -0.913. The lowest BCUT2D eigenvalue weighted by Gasteiger charge is -2.39. The number of sulfone groups is 1. The van der Waals surface area contributed by atoms with Crippen LogP contribution in [0.3, 0.4) is 0 Å². The molecule has 1 aromatic rings. The van der Waals surface area contributed by atoms with E-state index in [1.807, 2.05) is 0 Å². The van der Waals surface area contributed by atoms with Crippen LogP contribution < -0.4 is 5.32 Å². The molecule has 0 amide bonds. The van der Waals surface area contributed by atoms with Crippen LogP contribution in [-0.4, -0.2) is 54.9 Å². The van der Waals surface area contributed by atoms with E-state index in [1.165, 1.54) is 0 Å². The molecule has 6 nitrogen and oxygen atoms in total. The van der Waals surface area contributed by atoms with Gasteiger partial charge in [-0.15, -0.1) is 11.3 Å². The predicted molar refractivity (Wildman–Crippen MR) is 86.8 cm³/mol. The monoisotopic (exact) mass is 384 g/mol. The zero-order valence-corrected chi connectivity index (χ0v) is 15.1. The maximum atomic E-state index is 12.6. The fraction of sp³-hybridized carbons (Fsp3) is 0.692. The molecule has 1 aliphatic heterocycles. The minimum Gasteiger partial charge on any atom is -0.350 e. The number of guanidine groups is 1. The molecule has 1 aliphatic rings. The van der Waals surface area contributed by atoms with Gasteiger partial charge in [0.25, 0.3) is 0 Å². The maximum Gasteiger partial charge on any atom is 0.434 e. The van der Waals surface area contributed by atoms with Crippen molar-refractivity contribution in [2.75, 3.05) is 25.9 Å². The predicted octanol–water partition coefficient (Wildman–Crippen LogP) is 1.75. The van der Waals surface area contributed by atoms with Crippen LogP contribution in [0.4, 0.5) is 13.2 Å². The van der Waals surface area contributed by atoms with E-state index in [-0.39, 0.29) is 30.4 Å². The van der Waals surface area contributed by atoms with Gasteiger partial charge in [0.2, 0.25) is 0 Å². The first-order chi connectivity index (χ1) is 11.0. The molecular formula is C13H19F3N4O2S2. The standard InChI is InChI=1S/C13H19F3N4O2S2/c1-12(2)8-20(4-5-24(12,21)22)11(17-3)18-6-10-19-9(7-23-10)13(14,15)16/h7H,4-6,8H2,1-3H3,(H,17,18). The van der Waals surface area contributed by atoms with Crippen molar-refractivity contribution in [1.29, 1.82) is 0 Å². The van der Waals surface area contributed by atoms with Gasteiger partial charge in [0.1, 0.15) is 5.01 Å². The van der Waals surface area contributed by atoms with Crippen LogP contribution in [-0.2, 0) is 22.6 Å². The van der Waals surface area contributed by atoms with E-state index in [1.54, 1.807) is 25.8 Å². The lowest BCUT2D eigenvalue weighted by Crippen LogP contribution is -2.57. The molecule has 0 spiro atoms. The van der Waals surface area contributed by atoms with Gasteiger partial charge in [-0.05, 0) is 13.8 Å². The molecule has 0 atom stereocenters. The fourth-order valence-corrected chi connectivity index (χ4v) is 4.44. The van der Waals surface area contributed by atoms with Gasteiger partial charge in [0, 0.05) is 25.5 Å². The van der Waals surface area contributed by atoms with Gasteiger partial charge >= 0.3 is 6.18 Å². The topological polar surface area (TPSA) is 74.7 Å². The van der Waals surface area contributed by atoms with Crippen molar-refractivity contribution < 1.29 is 21.6 Å². The lowest BCUT2D eigenvalue weighted by atomic mass is 10.2. The van der Waals surface area contributed by atoms with E-state index in [4.69, 9.17) is 0 Å². The molecule has 0 unspecified atom stereocenters. The van der Waals surface area contributed by atoms with Crippen LogP contribution in [0.15, 0.2) is 10.4 Å². The van der Waals surface area contributed by atoms with Gasteiger partial charge in [-0.2, -0.15) is 13.2 Å². The first-order valence-electron chi connectivity index (χ1n) is 7.16. The normalized spacial score (nSPS) is 20.9. The summed E-state index contributed by atoms with van der Waals surface area (Å²) in [6, 6.07) is 0. The smallest absolute Gasteiger partial charge is 0.350 e. The highest BCUT2D eigenvalue weighted by Gasteiger charge is 2.41. The third-order valence-electron chi connectivity index (χ3n) is 3.79. The summed E-state index contributed by atoms with van der Waals surface area (Å²) in [7, 11) is -1.63. The van der Waals surface area contributed by atoms with Crippen molar-refractivity contribution >= 4 is 27.1 Å². The molecule has 0 aliphatic carbocycles. The Morgan fingerprint density at radius 1 is 1.50 bits per heavy atom. The van der Waals surface area contributed by atoms with E-state index in [0.29, 0.717) is 5.96 Å². The number of nitrogens with one attached hydrogen (secondary N) is 1. The van der Waals surface area contributed by atoms with E-state index < -0.39 is 26.5 Å². The van der Waals surface area contributed by atoms with Crippen LogP contribution in [0.5, 0.6) is 0 Å². The number of rotatable bonds is 2. The molecule has 136 valence electrons. The van der Waals surface area contributed by atoms with Crippen molar-refractivity contribution in [1.82, 2.24) is 15.2 Å². The Labute approximate surface area is 142 Å². The van der Waals surface area contributed by atoms with Crippen LogP contribution >= 0.6 is 11.3 Å². The Morgan fingerprint density at radius 2 is 2.17 bits per heavy atom. The summed E-state index contributed by atoms with van der Waals surface area (Å²) in [5.74, 6) is 0.456. The third-order valence-corrected chi connectivity index (χ3v) is 7.18. The highest BCUT2D eigenvalue weighted by atomic mass is 32.2. The summed E-state index contributed by atoms with van der Waals surface area (Å²) in [6.45, 7) is 3.95. The van der Waals surface area contributed by atoms with E-state index >= 15 is 0 Å². The Bertz CT molecular complexity index is 726. The van der Waals surface area contributed by atoms with E-state index in [9.17, 15) is 21.6 Å². The lowest BCUT2D eigenvalue weighted by molar-refractivity contribution is -0.140. The molecule has 0 bridgehead atoms. The Kier molecular flexibility index (Phi) is 5.14. The van der Waals surface area contributed by atoms with Crippen molar-refractivity contribution in [2.45, 2.75) is 31.3 Å². The van der Waals surface area contributed by atoms with Crippen LogP contribution in [0.25, 0.3) is 0 Å². The first kappa shape index (κ1) is 19.0. The minimum absolute atomic E-state index is 0.0101. The SMILES string of the molecule is CN=C(NCc1nc(C(F)(F)F)cs1)N1CCS(=O)(=O)C(C)(C)C1. The van der Waals surface area contributed by atoms with Crippen molar-refractivity contribution in [3.63, 3.8) is 0 Å². The minimum atomic E-state index is -4.46. The molecule has 0 radical (unpaired) electrons. The first-order valence-corrected chi connectivity index (χ1v) is 9.69. The fourth-order valence-electron chi connectivity index (χ4n) is 2.33. The molecule has 1 saturated heterocycles. The molecule has 0 aromatic carbocycles. The van der Waals surface area contributed by atoms with Crippen LogP contribution in [0.2, 0.25) is 0 Å². The third kappa shape index (κ3) is 4.00. The zero-order valence-electron chi connectivity index (χ0n) is 13.5. The van der Waals surface area contributed by atoms with Gasteiger partial charge in [0.15, 0.2) is 21.5 Å². The van der Waals surface area contributed by atoms with Gasteiger partial charge in [-0.3, -0.25) is 4.99 Å². The maximum absolute atomic E-state index is 12.6. The average Bonchev–Trinajstić information content (AvgIpc) is 2.92. The molecule has 2 rings (SSSR count). The Balaban J connectivity index is 2.02. The number of hydrogen-bond donors (Lipinski definition) is 1. The molecule has 2 heterocycles. The quantitative estimate of drug-likeness (QED) is 0.621. The highest BCUT2D eigenvalue weighted by Crippen LogP contribution is 2.30. The number of aromatic nitrogens is 1. The van der Waals surface area contributed by atoms with Crippen molar-refractivity contribution in [3.05, 3.63) is 16.1 Å². The Morgan fingerprint density at radius 3 is 2.67 bits per heavy atom. The second-order valence-corrected chi connectivity index (χ2v) is 9.71. The van der Waals surface area contributed by atoms with Gasteiger partial charge in [0.05, 0.1) is 17.0 Å². The second-order valence-electron chi connectivity index (χ2n) is 6.03. The van der Waals surface area contributed by atoms with Crippen molar-refractivity contribution in [2.24, 2.45) is 4.99 Å². The van der Waals surface area contributed by atoms with E-state index in [0.717, 1.165) is 16.7 Å². The molecule has 1 aromatic heterocycles. The summed E-state index contributed by atoms with van der Waals surface area (Å²) < 4.78 is 60.8. The Hall–Kier alpha value is -1.36. The summed E-state index contributed by atoms with van der Waals surface area (Å²) >= 11 is 0.912. The summed E-state index contributed by atoms with van der Waals surface area (Å²) in [4.78, 5) is 9.42. The molecule has 0 saturated carbocycles. The van der Waals surface area contributed by atoms with Crippen LogP contribution in [0, 0.1) is 0 Å². The highest BCUT2D eigenvalue weighted by molar-refractivity contribution is 7.92. The van der Waals surface area contributed by atoms with Crippen LogP contribution in [0.1, 0.15) is 24.5 Å². The molecule has 24 heavy (non-hydrogen) atoms. The number of halogens is 3. The molecular weight excluding hydrogens is 365 g/mol.